The highest BCUT2D eigenvalue weighted by Crippen LogP contribution is 2.29. The third-order valence-electron chi connectivity index (χ3n) is 3.95. The van der Waals surface area contributed by atoms with Gasteiger partial charge in [-0.05, 0) is 36.2 Å². The molecule has 0 saturated heterocycles. The van der Waals surface area contributed by atoms with Gasteiger partial charge in [-0.15, -0.1) is 0 Å². The molecular weight excluding hydrogens is 357 g/mol. The summed E-state index contributed by atoms with van der Waals surface area (Å²) in [4.78, 5) is 12.5. The molecular formula is C19H17Cl2N3O. The maximum absolute atomic E-state index is 12.5. The van der Waals surface area contributed by atoms with Gasteiger partial charge in [-0.25, -0.2) is 0 Å². The van der Waals surface area contributed by atoms with Gasteiger partial charge >= 0.3 is 0 Å². The Kier molecular flexibility index (Phi) is 5.41. The third-order valence-corrected chi connectivity index (χ3v) is 4.49. The van der Waals surface area contributed by atoms with Crippen LogP contribution in [0.15, 0.2) is 54.6 Å². The molecule has 2 aromatic carbocycles. The number of aromatic nitrogens is 2. The Labute approximate surface area is 156 Å². The van der Waals surface area contributed by atoms with E-state index in [1.807, 2.05) is 37.3 Å². The first-order chi connectivity index (χ1) is 12.1. The quantitative estimate of drug-likeness (QED) is 0.640. The van der Waals surface area contributed by atoms with Gasteiger partial charge in [-0.2, -0.15) is 5.10 Å². The number of carbonyl (C=O) groups excluding carboxylic acids is 1. The predicted molar refractivity (Wildman–Crippen MR) is 101 cm³/mol. The topological polar surface area (TPSA) is 57.8 Å². The first-order valence-electron chi connectivity index (χ1n) is 7.95. The number of hydrogen-bond donors (Lipinski definition) is 2. The van der Waals surface area contributed by atoms with Crippen LogP contribution in [0.5, 0.6) is 0 Å². The zero-order valence-corrected chi connectivity index (χ0v) is 15.1. The second kappa shape index (κ2) is 7.72. The molecule has 0 aliphatic carbocycles. The summed E-state index contributed by atoms with van der Waals surface area (Å²) in [6.07, 6.45) is 0.791. The van der Waals surface area contributed by atoms with E-state index in [2.05, 4.69) is 15.5 Å². The van der Waals surface area contributed by atoms with Crippen LogP contribution in [-0.4, -0.2) is 16.1 Å². The lowest BCUT2D eigenvalue weighted by Crippen LogP contribution is -2.28. The standard InChI is InChI=1S/C19H17Cl2N3O/c1-2-16(12-6-4-3-5-7-12)22-19(25)18-11-17(23-24-18)14-9-8-13(20)10-15(14)21/h3-11,16H,2H2,1H3,(H,22,25)(H,23,24). The van der Waals surface area contributed by atoms with Crippen LogP contribution >= 0.6 is 23.2 Å². The van der Waals surface area contributed by atoms with Crippen LogP contribution < -0.4 is 5.32 Å². The summed E-state index contributed by atoms with van der Waals surface area (Å²) >= 11 is 12.1. The number of carbonyl (C=O) groups is 1. The van der Waals surface area contributed by atoms with E-state index < -0.39 is 0 Å². The van der Waals surface area contributed by atoms with E-state index in [9.17, 15) is 4.79 Å². The number of nitrogens with one attached hydrogen (secondary N) is 2. The fourth-order valence-corrected chi connectivity index (χ4v) is 3.12. The Morgan fingerprint density at radius 1 is 1.16 bits per heavy atom. The van der Waals surface area contributed by atoms with Gasteiger partial charge < -0.3 is 5.32 Å². The van der Waals surface area contributed by atoms with Gasteiger partial charge in [-0.3, -0.25) is 9.89 Å². The molecule has 128 valence electrons. The zero-order valence-electron chi connectivity index (χ0n) is 13.6. The monoisotopic (exact) mass is 373 g/mol. The molecule has 1 amide bonds. The van der Waals surface area contributed by atoms with Gasteiger partial charge in [-0.1, -0.05) is 60.5 Å². The Hall–Kier alpha value is -2.30. The lowest BCUT2D eigenvalue weighted by atomic mass is 10.0. The van der Waals surface area contributed by atoms with E-state index in [0.717, 1.165) is 17.5 Å². The SMILES string of the molecule is CCC(NC(=O)c1cc(-c2ccc(Cl)cc2Cl)n[nH]1)c1ccccc1. The number of rotatable bonds is 5. The van der Waals surface area contributed by atoms with E-state index >= 15 is 0 Å². The molecule has 0 saturated carbocycles. The lowest BCUT2D eigenvalue weighted by molar-refractivity contribution is 0.0930. The maximum atomic E-state index is 12.5. The van der Waals surface area contributed by atoms with E-state index in [4.69, 9.17) is 23.2 Å². The summed E-state index contributed by atoms with van der Waals surface area (Å²) in [5.74, 6) is -0.209. The van der Waals surface area contributed by atoms with Crippen molar-refractivity contribution in [3.8, 4) is 11.3 Å². The highest BCUT2D eigenvalue weighted by atomic mass is 35.5. The summed E-state index contributed by atoms with van der Waals surface area (Å²) in [5.41, 5.74) is 2.77. The van der Waals surface area contributed by atoms with Crippen molar-refractivity contribution >= 4 is 29.1 Å². The Morgan fingerprint density at radius 3 is 2.60 bits per heavy atom. The molecule has 25 heavy (non-hydrogen) atoms. The first kappa shape index (κ1) is 17.5. The molecule has 0 fully saturated rings. The average molecular weight is 374 g/mol. The molecule has 4 nitrogen and oxygen atoms in total. The Morgan fingerprint density at radius 2 is 1.92 bits per heavy atom. The summed E-state index contributed by atoms with van der Waals surface area (Å²) in [6, 6.07) is 16.7. The molecule has 0 aliphatic heterocycles. The van der Waals surface area contributed by atoms with Gasteiger partial charge in [0.15, 0.2) is 0 Å². The minimum absolute atomic E-state index is 0.0560. The van der Waals surface area contributed by atoms with E-state index in [-0.39, 0.29) is 11.9 Å². The predicted octanol–water partition coefficient (Wildman–Crippen LogP) is 5.26. The summed E-state index contributed by atoms with van der Waals surface area (Å²) in [7, 11) is 0. The number of amides is 1. The van der Waals surface area contributed by atoms with Crippen molar-refractivity contribution in [3.63, 3.8) is 0 Å². The highest BCUT2D eigenvalue weighted by Gasteiger charge is 2.17. The molecule has 6 heteroatoms. The number of H-pyrrole nitrogens is 1. The molecule has 1 heterocycles. The Bertz CT molecular complexity index is 877. The normalized spacial score (nSPS) is 12.0. The second-order valence-electron chi connectivity index (χ2n) is 5.64. The van der Waals surface area contributed by atoms with Gasteiger partial charge in [0.2, 0.25) is 0 Å². The molecule has 1 aromatic heterocycles. The van der Waals surface area contributed by atoms with Crippen molar-refractivity contribution in [2.24, 2.45) is 0 Å². The molecule has 0 radical (unpaired) electrons. The van der Waals surface area contributed by atoms with Crippen LogP contribution in [0.3, 0.4) is 0 Å². The van der Waals surface area contributed by atoms with Crippen molar-refractivity contribution < 1.29 is 4.79 Å². The summed E-state index contributed by atoms with van der Waals surface area (Å²) in [5, 5.41) is 11.0. The van der Waals surface area contributed by atoms with Gasteiger partial charge in [0.25, 0.3) is 5.91 Å². The van der Waals surface area contributed by atoms with Crippen molar-refractivity contribution in [2.45, 2.75) is 19.4 Å². The molecule has 3 aromatic rings. The van der Waals surface area contributed by atoms with E-state index in [0.29, 0.717) is 21.4 Å². The van der Waals surface area contributed by atoms with Gasteiger partial charge in [0, 0.05) is 10.6 Å². The molecule has 0 aliphatic rings. The van der Waals surface area contributed by atoms with Crippen molar-refractivity contribution in [1.29, 1.82) is 0 Å². The fourth-order valence-electron chi connectivity index (χ4n) is 2.62. The number of hydrogen-bond acceptors (Lipinski definition) is 2. The molecule has 1 atom stereocenters. The van der Waals surface area contributed by atoms with Crippen molar-refractivity contribution in [3.05, 3.63) is 75.9 Å². The lowest BCUT2D eigenvalue weighted by Gasteiger charge is -2.16. The molecule has 2 N–H and O–H groups in total. The largest absolute Gasteiger partial charge is 0.344 e. The van der Waals surface area contributed by atoms with Gasteiger partial charge in [0.05, 0.1) is 16.8 Å². The number of halogens is 2. The molecule has 0 spiro atoms. The second-order valence-corrected chi connectivity index (χ2v) is 6.48. The average Bonchev–Trinajstić information content (AvgIpc) is 3.10. The minimum atomic E-state index is -0.209. The fraction of sp³-hybridized carbons (Fsp3) is 0.158. The highest BCUT2D eigenvalue weighted by molar-refractivity contribution is 6.36. The number of benzene rings is 2. The summed E-state index contributed by atoms with van der Waals surface area (Å²) < 4.78 is 0. The number of nitrogens with zero attached hydrogens (tertiary/aromatic N) is 1. The van der Waals surface area contributed by atoms with E-state index in [1.165, 1.54) is 0 Å². The van der Waals surface area contributed by atoms with Crippen molar-refractivity contribution in [2.75, 3.05) is 0 Å². The minimum Gasteiger partial charge on any atom is -0.344 e. The first-order valence-corrected chi connectivity index (χ1v) is 8.70. The smallest absolute Gasteiger partial charge is 0.269 e. The third kappa shape index (κ3) is 4.03. The maximum Gasteiger partial charge on any atom is 0.269 e. The Balaban J connectivity index is 1.78. The van der Waals surface area contributed by atoms with Crippen LogP contribution in [-0.2, 0) is 0 Å². The van der Waals surface area contributed by atoms with E-state index in [1.54, 1.807) is 24.3 Å². The molecule has 3 rings (SSSR count). The summed E-state index contributed by atoms with van der Waals surface area (Å²) in [6.45, 7) is 2.03. The molecule has 1 unspecified atom stereocenters. The van der Waals surface area contributed by atoms with Crippen LogP contribution in [0, 0.1) is 0 Å². The molecule has 0 bridgehead atoms. The van der Waals surface area contributed by atoms with Crippen molar-refractivity contribution in [1.82, 2.24) is 15.5 Å². The van der Waals surface area contributed by atoms with Gasteiger partial charge in [0.1, 0.15) is 5.69 Å². The zero-order chi connectivity index (χ0) is 17.8. The van der Waals surface area contributed by atoms with Crippen LogP contribution in [0.1, 0.15) is 35.4 Å². The van der Waals surface area contributed by atoms with Crippen LogP contribution in [0.2, 0.25) is 10.0 Å². The van der Waals surface area contributed by atoms with Crippen LogP contribution in [0.25, 0.3) is 11.3 Å². The number of aromatic amines is 1. The van der Waals surface area contributed by atoms with Crippen LogP contribution in [0.4, 0.5) is 0 Å².